The first-order valence-electron chi connectivity index (χ1n) is 5.31. The Kier molecular flexibility index (Phi) is 3.73. The molecule has 0 aromatic rings. The largest absolute Gasteiger partial charge is 0.460 e. The Balaban J connectivity index is 2.28. The first-order chi connectivity index (χ1) is 6.81. The molecular weight excluding hydrogens is 196 g/mol. The number of rotatable bonds is 3. The summed E-state index contributed by atoms with van der Waals surface area (Å²) in [5.41, 5.74) is -0.421. The van der Waals surface area contributed by atoms with Crippen LogP contribution in [-0.2, 0) is 19.0 Å². The lowest BCUT2D eigenvalue weighted by atomic mass is 10.1. The average molecular weight is 216 g/mol. The van der Waals surface area contributed by atoms with Gasteiger partial charge in [-0.2, -0.15) is 0 Å². The third-order valence-electron chi connectivity index (χ3n) is 2.10. The van der Waals surface area contributed by atoms with Crippen molar-refractivity contribution in [3.05, 3.63) is 0 Å². The highest BCUT2D eigenvalue weighted by molar-refractivity contribution is 5.69. The van der Waals surface area contributed by atoms with Crippen molar-refractivity contribution in [2.24, 2.45) is 0 Å². The molecular formula is C11H20O4. The lowest BCUT2D eigenvalue weighted by Gasteiger charge is -2.23. The Hall–Kier alpha value is -0.610. The maximum absolute atomic E-state index is 11.4. The zero-order valence-electron chi connectivity index (χ0n) is 9.96. The fraction of sp³-hybridized carbons (Fsp3) is 0.909. The molecule has 0 radical (unpaired) electrons. The van der Waals surface area contributed by atoms with Crippen molar-refractivity contribution in [2.75, 3.05) is 13.2 Å². The van der Waals surface area contributed by atoms with E-state index in [9.17, 15) is 4.79 Å². The van der Waals surface area contributed by atoms with Gasteiger partial charge >= 0.3 is 5.97 Å². The second kappa shape index (κ2) is 4.49. The predicted molar refractivity (Wildman–Crippen MR) is 55.4 cm³/mol. The van der Waals surface area contributed by atoms with Gasteiger partial charge in [-0.15, -0.1) is 0 Å². The topological polar surface area (TPSA) is 44.8 Å². The monoisotopic (exact) mass is 216 g/mol. The smallest absolute Gasteiger partial charge is 0.306 e. The Morgan fingerprint density at radius 2 is 1.87 bits per heavy atom. The van der Waals surface area contributed by atoms with E-state index in [1.807, 2.05) is 27.7 Å². The van der Waals surface area contributed by atoms with E-state index in [0.717, 1.165) is 0 Å². The molecule has 0 spiro atoms. The van der Waals surface area contributed by atoms with Crippen molar-refractivity contribution < 1.29 is 19.0 Å². The summed E-state index contributed by atoms with van der Waals surface area (Å²) in [6.45, 7) is 8.62. The first kappa shape index (κ1) is 12.5. The fourth-order valence-corrected chi connectivity index (χ4v) is 1.42. The Labute approximate surface area is 90.9 Å². The predicted octanol–water partition coefficient (Wildman–Crippen LogP) is 1.87. The van der Waals surface area contributed by atoms with Gasteiger partial charge in [0, 0.05) is 6.42 Å². The summed E-state index contributed by atoms with van der Waals surface area (Å²) in [5, 5.41) is 0. The van der Waals surface area contributed by atoms with Gasteiger partial charge < -0.3 is 14.2 Å². The number of ether oxygens (including phenoxy) is 3. The SMILES string of the molecule is CC(C)(C)OC(=O)CCC1(C)OCCO1. The zero-order valence-corrected chi connectivity index (χ0v) is 9.96. The zero-order chi connectivity index (χ0) is 11.5. The Morgan fingerprint density at radius 3 is 2.33 bits per heavy atom. The fourth-order valence-electron chi connectivity index (χ4n) is 1.42. The van der Waals surface area contributed by atoms with E-state index in [1.165, 1.54) is 0 Å². The molecule has 0 atom stereocenters. The number of carbonyl (C=O) groups is 1. The van der Waals surface area contributed by atoms with Crippen molar-refractivity contribution in [2.45, 2.75) is 51.9 Å². The van der Waals surface area contributed by atoms with Gasteiger partial charge in [0.15, 0.2) is 5.79 Å². The van der Waals surface area contributed by atoms with E-state index >= 15 is 0 Å². The number of carbonyl (C=O) groups excluding carboxylic acids is 1. The highest BCUT2D eigenvalue weighted by Gasteiger charge is 2.32. The molecule has 0 aliphatic carbocycles. The molecule has 1 fully saturated rings. The van der Waals surface area contributed by atoms with Crippen LogP contribution in [0.1, 0.15) is 40.5 Å². The van der Waals surface area contributed by atoms with Crippen LogP contribution in [0.15, 0.2) is 0 Å². The minimum absolute atomic E-state index is 0.206. The van der Waals surface area contributed by atoms with Gasteiger partial charge in [-0.3, -0.25) is 4.79 Å². The molecule has 4 heteroatoms. The molecule has 0 N–H and O–H groups in total. The van der Waals surface area contributed by atoms with E-state index < -0.39 is 11.4 Å². The van der Waals surface area contributed by atoms with Crippen LogP contribution >= 0.6 is 0 Å². The van der Waals surface area contributed by atoms with Crippen molar-refractivity contribution in [3.63, 3.8) is 0 Å². The maximum Gasteiger partial charge on any atom is 0.306 e. The highest BCUT2D eigenvalue weighted by Crippen LogP contribution is 2.24. The molecule has 0 aromatic carbocycles. The molecule has 0 aromatic heterocycles. The minimum Gasteiger partial charge on any atom is -0.460 e. The summed E-state index contributed by atoms with van der Waals surface area (Å²) in [6, 6.07) is 0. The van der Waals surface area contributed by atoms with Gasteiger partial charge in [0.1, 0.15) is 5.60 Å². The van der Waals surface area contributed by atoms with E-state index in [0.29, 0.717) is 26.1 Å². The quantitative estimate of drug-likeness (QED) is 0.676. The summed E-state index contributed by atoms with van der Waals surface area (Å²) < 4.78 is 16.0. The van der Waals surface area contributed by atoms with Crippen LogP contribution < -0.4 is 0 Å². The van der Waals surface area contributed by atoms with Crippen molar-refractivity contribution in [1.82, 2.24) is 0 Å². The second-order valence-electron chi connectivity index (χ2n) is 4.92. The normalized spacial score (nSPS) is 20.3. The number of esters is 1. The van der Waals surface area contributed by atoms with E-state index in [1.54, 1.807) is 0 Å². The van der Waals surface area contributed by atoms with E-state index in [4.69, 9.17) is 14.2 Å². The molecule has 0 amide bonds. The molecule has 0 unspecified atom stereocenters. The van der Waals surface area contributed by atoms with Gasteiger partial charge in [-0.25, -0.2) is 0 Å². The molecule has 4 nitrogen and oxygen atoms in total. The van der Waals surface area contributed by atoms with Crippen LogP contribution in [0.2, 0.25) is 0 Å². The standard InChI is InChI=1S/C11H20O4/c1-10(2,3)15-9(12)5-6-11(4)13-7-8-14-11/h5-8H2,1-4H3. The number of hydrogen-bond acceptors (Lipinski definition) is 4. The molecule has 0 bridgehead atoms. The van der Waals surface area contributed by atoms with Gasteiger partial charge in [0.25, 0.3) is 0 Å². The Bertz CT molecular complexity index is 223. The number of hydrogen-bond donors (Lipinski definition) is 0. The third kappa shape index (κ3) is 4.62. The molecule has 1 rings (SSSR count). The second-order valence-corrected chi connectivity index (χ2v) is 4.92. The minimum atomic E-state index is -0.600. The third-order valence-corrected chi connectivity index (χ3v) is 2.10. The molecule has 1 aliphatic heterocycles. The summed E-state index contributed by atoms with van der Waals surface area (Å²) in [5.74, 6) is -0.806. The molecule has 1 aliphatic rings. The summed E-state index contributed by atoms with van der Waals surface area (Å²) in [4.78, 5) is 11.4. The van der Waals surface area contributed by atoms with Crippen LogP contribution in [0.3, 0.4) is 0 Å². The molecule has 15 heavy (non-hydrogen) atoms. The summed E-state index contributed by atoms with van der Waals surface area (Å²) >= 11 is 0. The Morgan fingerprint density at radius 1 is 1.33 bits per heavy atom. The van der Waals surface area contributed by atoms with Crippen LogP contribution in [0.4, 0.5) is 0 Å². The lowest BCUT2D eigenvalue weighted by Crippen LogP contribution is -2.29. The van der Waals surface area contributed by atoms with Crippen molar-refractivity contribution >= 4 is 5.97 Å². The first-order valence-corrected chi connectivity index (χ1v) is 5.31. The molecule has 0 saturated carbocycles. The lowest BCUT2D eigenvalue weighted by molar-refractivity contribution is -0.168. The van der Waals surface area contributed by atoms with Crippen LogP contribution in [0, 0.1) is 0 Å². The maximum atomic E-state index is 11.4. The van der Waals surface area contributed by atoms with Gasteiger partial charge in [-0.1, -0.05) is 0 Å². The van der Waals surface area contributed by atoms with E-state index in [-0.39, 0.29) is 5.97 Å². The molecule has 1 heterocycles. The van der Waals surface area contributed by atoms with Crippen LogP contribution in [0.25, 0.3) is 0 Å². The highest BCUT2D eigenvalue weighted by atomic mass is 16.7. The molecule has 1 saturated heterocycles. The molecule has 88 valence electrons. The average Bonchev–Trinajstić information content (AvgIpc) is 2.47. The van der Waals surface area contributed by atoms with Gasteiger partial charge in [0.05, 0.1) is 19.6 Å². The van der Waals surface area contributed by atoms with E-state index in [2.05, 4.69) is 0 Å². The van der Waals surface area contributed by atoms with Crippen molar-refractivity contribution in [3.8, 4) is 0 Å². The summed E-state index contributed by atoms with van der Waals surface area (Å²) in [7, 11) is 0. The van der Waals surface area contributed by atoms with Gasteiger partial charge in [-0.05, 0) is 27.7 Å². The summed E-state index contributed by atoms with van der Waals surface area (Å²) in [6.07, 6.45) is 0.871. The van der Waals surface area contributed by atoms with Crippen LogP contribution in [-0.4, -0.2) is 30.6 Å². The van der Waals surface area contributed by atoms with Gasteiger partial charge in [0.2, 0.25) is 0 Å². The van der Waals surface area contributed by atoms with Crippen LogP contribution in [0.5, 0.6) is 0 Å². The van der Waals surface area contributed by atoms with Crippen molar-refractivity contribution in [1.29, 1.82) is 0 Å².